The zero-order valence-electron chi connectivity index (χ0n) is 10.9. The predicted molar refractivity (Wildman–Crippen MR) is 74.0 cm³/mol. The number of hydrogen-bond donors (Lipinski definition) is 1. The molecule has 5 heteroatoms. The maximum atomic E-state index is 11.9. The minimum absolute atomic E-state index is 0.0370. The zero-order chi connectivity index (χ0) is 13.8. The second-order valence-electron chi connectivity index (χ2n) is 4.73. The molecular formula is C14H17ClN2O2. The fourth-order valence-electron chi connectivity index (χ4n) is 2.25. The van der Waals surface area contributed by atoms with Crippen molar-refractivity contribution < 1.29 is 9.59 Å². The topological polar surface area (TPSA) is 49.4 Å². The van der Waals surface area contributed by atoms with Gasteiger partial charge >= 0.3 is 0 Å². The highest BCUT2D eigenvalue weighted by molar-refractivity contribution is 6.30. The quantitative estimate of drug-likeness (QED) is 0.911. The van der Waals surface area contributed by atoms with Crippen molar-refractivity contribution in [3.8, 4) is 0 Å². The van der Waals surface area contributed by atoms with E-state index in [0.29, 0.717) is 24.4 Å². The summed E-state index contributed by atoms with van der Waals surface area (Å²) in [4.78, 5) is 24.8. The molecule has 19 heavy (non-hydrogen) atoms. The SMILES string of the molecule is CN1C(=O)CCC1C(=O)NCCc1cccc(Cl)c1. The third-order valence-corrected chi connectivity index (χ3v) is 3.63. The van der Waals surface area contributed by atoms with Gasteiger partial charge in [-0.2, -0.15) is 0 Å². The number of carbonyl (C=O) groups is 2. The van der Waals surface area contributed by atoms with E-state index >= 15 is 0 Å². The Morgan fingerprint density at radius 3 is 2.95 bits per heavy atom. The van der Waals surface area contributed by atoms with Crippen LogP contribution in [0.5, 0.6) is 0 Å². The highest BCUT2D eigenvalue weighted by Gasteiger charge is 2.32. The lowest BCUT2D eigenvalue weighted by molar-refractivity contribution is -0.133. The molecule has 0 aliphatic carbocycles. The van der Waals surface area contributed by atoms with Gasteiger partial charge in [-0.3, -0.25) is 9.59 Å². The third kappa shape index (κ3) is 3.47. The van der Waals surface area contributed by atoms with Crippen molar-refractivity contribution in [2.75, 3.05) is 13.6 Å². The number of benzene rings is 1. The number of halogens is 1. The van der Waals surface area contributed by atoms with Crippen molar-refractivity contribution in [3.63, 3.8) is 0 Å². The van der Waals surface area contributed by atoms with Crippen LogP contribution in [-0.4, -0.2) is 36.3 Å². The molecule has 1 unspecified atom stereocenters. The molecule has 102 valence electrons. The fourth-order valence-corrected chi connectivity index (χ4v) is 2.46. The molecule has 1 fully saturated rings. The number of likely N-dealkylation sites (tertiary alicyclic amines) is 1. The van der Waals surface area contributed by atoms with Crippen LogP contribution in [0.1, 0.15) is 18.4 Å². The van der Waals surface area contributed by atoms with Crippen LogP contribution in [0.15, 0.2) is 24.3 Å². The molecule has 1 heterocycles. The van der Waals surface area contributed by atoms with E-state index in [2.05, 4.69) is 5.32 Å². The molecule has 1 aliphatic heterocycles. The number of amides is 2. The standard InChI is InChI=1S/C14H17ClN2O2/c1-17-12(5-6-13(17)18)14(19)16-8-7-10-3-2-4-11(15)9-10/h2-4,9,12H,5-8H2,1H3,(H,16,19). The summed E-state index contributed by atoms with van der Waals surface area (Å²) in [6.07, 6.45) is 1.80. The molecule has 2 amide bonds. The van der Waals surface area contributed by atoms with E-state index in [-0.39, 0.29) is 17.9 Å². The average molecular weight is 281 g/mol. The van der Waals surface area contributed by atoms with E-state index < -0.39 is 0 Å². The lowest BCUT2D eigenvalue weighted by atomic mass is 10.1. The van der Waals surface area contributed by atoms with E-state index in [4.69, 9.17) is 11.6 Å². The van der Waals surface area contributed by atoms with Gasteiger partial charge in [0.05, 0.1) is 0 Å². The lowest BCUT2D eigenvalue weighted by Crippen LogP contribution is -2.43. The summed E-state index contributed by atoms with van der Waals surface area (Å²) in [7, 11) is 1.68. The molecule has 1 aromatic carbocycles. The van der Waals surface area contributed by atoms with Gasteiger partial charge in [0.15, 0.2) is 0 Å². The Bertz CT molecular complexity index is 490. The van der Waals surface area contributed by atoms with Crippen LogP contribution in [0.3, 0.4) is 0 Å². The highest BCUT2D eigenvalue weighted by atomic mass is 35.5. The van der Waals surface area contributed by atoms with Crippen LogP contribution >= 0.6 is 11.6 Å². The van der Waals surface area contributed by atoms with Crippen molar-refractivity contribution in [3.05, 3.63) is 34.9 Å². The van der Waals surface area contributed by atoms with Gasteiger partial charge < -0.3 is 10.2 Å². The van der Waals surface area contributed by atoms with Crippen molar-refractivity contribution in [2.24, 2.45) is 0 Å². The zero-order valence-corrected chi connectivity index (χ0v) is 11.6. The molecule has 2 rings (SSSR count). The van der Waals surface area contributed by atoms with Gasteiger partial charge in [0, 0.05) is 25.0 Å². The summed E-state index contributed by atoms with van der Waals surface area (Å²) in [5.74, 6) is -0.0367. The average Bonchev–Trinajstić information content (AvgIpc) is 2.70. The fraction of sp³-hybridized carbons (Fsp3) is 0.429. The largest absolute Gasteiger partial charge is 0.354 e. The van der Waals surface area contributed by atoms with Gasteiger partial charge in [0.2, 0.25) is 11.8 Å². The van der Waals surface area contributed by atoms with Crippen LogP contribution in [0.2, 0.25) is 5.02 Å². The Balaban J connectivity index is 1.80. The van der Waals surface area contributed by atoms with Crippen molar-refractivity contribution in [1.29, 1.82) is 0 Å². The van der Waals surface area contributed by atoms with Gasteiger partial charge in [0.25, 0.3) is 0 Å². The van der Waals surface area contributed by atoms with Gasteiger partial charge in [-0.05, 0) is 30.5 Å². The lowest BCUT2D eigenvalue weighted by Gasteiger charge is -2.19. The Kier molecular flexibility index (Phi) is 4.43. The minimum atomic E-state index is -0.313. The number of nitrogens with one attached hydrogen (secondary N) is 1. The summed E-state index contributed by atoms with van der Waals surface area (Å²) in [5.41, 5.74) is 1.09. The molecule has 1 aromatic rings. The minimum Gasteiger partial charge on any atom is -0.354 e. The first-order valence-corrected chi connectivity index (χ1v) is 6.73. The van der Waals surface area contributed by atoms with E-state index in [0.717, 1.165) is 12.0 Å². The van der Waals surface area contributed by atoms with E-state index in [1.54, 1.807) is 7.05 Å². The second-order valence-corrected chi connectivity index (χ2v) is 5.17. The molecule has 1 N–H and O–H groups in total. The van der Waals surface area contributed by atoms with E-state index in [1.165, 1.54) is 4.90 Å². The molecular weight excluding hydrogens is 264 g/mol. The van der Waals surface area contributed by atoms with Crippen LogP contribution in [-0.2, 0) is 16.0 Å². The van der Waals surface area contributed by atoms with Crippen LogP contribution in [0.25, 0.3) is 0 Å². The maximum absolute atomic E-state index is 11.9. The predicted octanol–water partition coefficient (Wildman–Crippen LogP) is 1.62. The first kappa shape index (κ1) is 13.9. The molecule has 0 radical (unpaired) electrons. The molecule has 4 nitrogen and oxygen atoms in total. The van der Waals surface area contributed by atoms with Gasteiger partial charge in [-0.1, -0.05) is 23.7 Å². The molecule has 0 aromatic heterocycles. The highest BCUT2D eigenvalue weighted by Crippen LogP contribution is 2.16. The number of rotatable bonds is 4. The smallest absolute Gasteiger partial charge is 0.242 e. The van der Waals surface area contributed by atoms with Crippen LogP contribution in [0.4, 0.5) is 0 Å². The Labute approximate surface area is 117 Å². The summed E-state index contributed by atoms with van der Waals surface area (Å²) < 4.78 is 0. The molecule has 1 atom stereocenters. The molecule has 1 saturated heterocycles. The first-order chi connectivity index (χ1) is 9.08. The second kappa shape index (κ2) is 6.06. The van der Waals surface area contributed by atoms with E-state index in [9.17, 15) is 9.59 Å². The summed E-state index contributed by atoms with van der Waals surface area (Å²) in [6, 6.07) is 7.26. The number of carbonyl (C=O) groups excluding carboxylic acids is 2. The van der Waals surface area contributed by atoms with Gasteiger partial charge in [-0.15, -0.1) is 0 Å². The first-order valence-electron chi connectivity index (χ1n) is 6.36. The summed E-state index contributed by atoms with van der Waals surface area (Å²) in [5, 5.41) is 3.57. The maximum Gasteiger partial charge on any atom is 0.242 e. The van der Waals surface area contributed by atoms with Gasteiger partial charge in [0.1, 0.15) is 6.04 Å². The molecule has 1 aliphatic rings. The summed E-state index contributed by atoms with van der Waals surface area (Å²) in [6.45, 7) is 0.553. The third-order valence-electron chi connectivity index (χ3n) is 3.40. The van der Waals surface area contributed by atoms with Crippen molar-refractivity contribution in [1.82, 2.24) is 10.2 Å². The van der Waals surface area contributed by atoms with E-state index in [1.807, 2.05) is 24.3 Å². The van der Waals surface area contributed by atoms with Crippen molar-refractivity contribution >= 4 is 23.4 Å². The van der Waals surface area contributed by atoms with Crippen LogP contribution in [0, 0.1) is 0 Å². The Hall–Kier alpha value is -1.55. The Morgan fingerprint density at radius 2 is 2.32 bits per heavy atom. The number of nitrogens with zero attached hydrogens (tertiary/aromatic N) is 1. The Morgan fingerprint density at radius 1 is 1.53 bits per heavy atom. The molecule has 0 spiro atoms. The number of likely N-dealkylation sites (N-methyl/N-ethyl adjacent to an activating group) is 1. The van der Waals surface area contributed by atoms with Crippen LogP contribution < -0.4 is 5.32 Å². The normalized spacial score (nSPS) is 18.7. The number of hydrogen-bond acceptors (Lipinski definition) is 2. The van der Waals surface area contributed by atoms with Crippen molar-refractivity contribution in [2.45, 2.75) is 25.3 Å². The summed E-state index contributed by atoms with van der Waals surface area (Å²) >= 11 is 5.89. The monoisotopic (exact) mass is 280 g/mol. The molecule has 0 bridgehead atoms. The molecule has 0 saturated carbocycles. The van der Waals surface area contributed by atoms with Gasteiger partial charge in [-0.25, -0.2) is 0 Å².